The summed E-state index contributed by atoms with van der Waals surface area (Å²) >= 11 is 1.37. The number of nitrogens with zero attached hydrogens (tertiary/aromatic N) is 4. The van der Waals surface area contributed by atoms with Crippen molar-refractivity contribution in [2.75, 3.05) is 5.75 Å². The number of aliphatic hydroxyl groups is 2. The molecule has 2 N–H and O–H groups in total. The summed E-state index contributed by atoms with van der Waals surface area (Å²) in [6, 6.07) is 7.84. The number of pyridine rings is 1. The fourth-order valence-corrected chi connectivity index (χ4v) is 9.56. The third-order valence-electron chi connectivity index (χ3n) is 10.5. The van der Waals surface area contributed by atoms with E-state index in [0.29, 0.717) is 25.8 Å². The van der Waals surface area contributed by atoms with E-state index in [1.807, 2.05) is 29.1 Å². The molecular weight excluding hydrogens is 496 g/mol. The fraction of sp³-hybridized carbons (Fsp3) is 0.600. The molecule has 0 aromatic carbocycles. The lowest BCUT2D eigenvalue weighted by molar-refractivity contribution is -0.177. The lowest BCUT2D eigenvalue weighted by Crippen LogP contribution is -2.62. The zero-order valence-corrected chi connectivity index (χ0v) is 23.0. The Morgan fingerprint density at radius 1 is 1.32 bits per heavy atom. The number of carbonyl (C=O) groups is 1. The maximum atomic E-state index is 13.6. The molecular formula is C30H36N4O3S. The number of thioether (sulfide) groups is 1. The summed E-state index contributed by atoms with van der Waals surface area (Å²) in [4.78, 5) is 17.9. The molecule has 7 atom stereocenters. The van der Waals surface area contributed by atoms with Crippen LogP contribution in [0, 0.1) is 39.9 Å². The average Bonchev–Trinajstić information content (AvgIpc) is 3.41. The van der Waals surface area contributed by atoms with Gasteiger partial charge in [0, 0.05) is 11.6 Å². The number of Topliss-reactive ketones (excluding diaryl/α,β-unsaturated/α-hetero) is 1. The number of allylic oxidation sites excluding steroid dienone is 1. The van der Waals surface area contributed by atoms with Gasteiger partial charge in [-0.25, -0.2) is 4.98 Å². The first-order valence-corrected chi connectivity index (χ1v) is 14.8. The molecule has 6 unspecified atom stereocenters. The first kappa shape index (κ1) is 25.8. The molecule has 2 aromatic heterocycles. The van der Waals surface area contributed by atoms with Gasteiger partial charge in [0.25, 0.3) is 0 Å². The molecule has 2 heterocycles. The number of hydrogen-bond acceptors (Lipinski definition) is 7. The number of fused-ring (bicyclic) bond motifs is 6. The van der Waals surface area contributed by atoms with E-state index in [9.17, 15) is 15.0 Å². The van der Waals surface area contributed by atoms with Crippen molar-refractivity contribution in [2.24, 2.45) is 28.6 Å². The smallest absolute Gasteiger partial charge is 0.175 e. The van der Waals surface area contributed by atoms with E-state index in [4.69, 9.17) is 5.26 Å². The van der Waals surface area contributed by atoms with E-state index < -0.39 is 17.1 Å². The summed E-state index contributed by atoms with van der Waals surface area (Å²) in [5, 5.41) is 38.1. The van der Waals surface area contributed by atoms with Gasteiger partial charge in [-0.15, -0.1) is 0 Å². The highest BCUT2D eigenvalue weighted by Gasteiger charge is 2.68. The van der Waals surface area contributed by atoms with Gasteiger partial charge in [0.2, 0.25) is 0 Å². The second-order valence-corrected chi connectivity index (χ2v) is 13.2. The van der Waals surface area contributed by atoms with Gasteiger partial charge in [-0.2, -0.15) is 10.4 Å². The summed E-state index contributed by atoms with van der Waals surface area (Å²) in [5.74, 6) is 0.576. The second-order valence-electron chi connectivity index (χ2n) is 12.3. The van der Waals surface area contributed by atoms with Crippen molar-refractivity contribution >= 4 is 23.6 Å². The van der Waals surface area contributed by atoms with Crippen LogP contribution in [-0.4, -0.2) is 48.2 Å². The molecule has 0 saturated heterocycles. The number of aryl methyl sites for hydroxylation is 1. The lowest BCUT2D eigenvalue weighted by Gasteiger charge is -2.60. The van der Waals surface area contributed by atoms with Gasteiger partial charge in [0.1, 0.15) is 5.60 Å². The first-order chi connectivity index (χ1) is 18.2. The molecule has 3 fully saturated rings. The third-order valence-corrected chi connectivity index (χ3v) is 11.5. The predicted octanol–water partition coefficient (Wildman–Crippen LogP) is 4.44. The molecule has 4 aliphatic rings. The summed E-state index contributed by atoms with van der Waals surface area (Å²) in [6.45, 7) is 4.94. The van der Waals surface area contributed by atoms with Crippen molar-refractivity contribution in [1.29, 1.82) is 5.26 Å². The van der Waals surface area contributed by atoms with Crippen LogP contribution >= 0.6 is 11.8 Å². The number of hydrogen-bond donors (Lipinski definition) is 2. The van der Waals surface area contributed by atoms with Gasteiger partial charge >= 0.3 is 0 Å². The van der Waals surface area contributed by atoms with Gasteiger partial charge in [0.15, 0.2) is 5.78 Å². The molecule has 38 heavy (non-hydrogen) atoms. The number of aliphatic hydroxyl groups excluding tert-OH is 1. The van der Waals surface area contributed by atoms with Crippen molar-refractivity contribution in [1.82, 2.24) is 14.8 Å². The summed E-state index contributed by atoms with van der Waals surface area (Å²) in [6.07, 6.45) is 10.2. The zero-order chi connectivity index (χ0) is 26.7. The van der Waals surface area contributed by atoms with Gasteiger partial charge in [-0.05, 0) is 85.5 Å². The summed E-state index contributed by atoms with van der Waals surface area (Å²) in [5.41, 5.74) is 1.40. The van der Waals surface area contributed by atoms with Crippen molar-refractivity contribution in [3.05, 3.63) is 47.4 Å². The molecule has 4 aliphatic carbocycles. The Hall–Kier alpha value is -2.47. The first-order valence-electron chi connectivity index (χ1n) is 13.8. The van der Waals surface area contributed by atoms with E-state index in [1.165, 1.54) is 22.9 Å². The zero-order valence-electron chi connectivity index (χ0n) is 22.1. The van der Waals surface area contributed by atoms with E-state index in [1.54, 1.807) is 6.20 Å². The van der Waals surface area contributed by atoms with Crippen molar-refractivity contribution in [3.8, 4) is 6.07 Å². The Balaban J connectivity index is 1.26. The van der Waals surface area contributed by atoms with Crippen molar-refractivity contribution < 1.29 is 15.0 Å². The Labute approximate surface area is 228 Å². The van der Waals surface area contributed by atoms with E-state index in [0.717, 1.165) is 36.4 Å². The number of rotatable bonds is 6. The minimum absolute atomic E-state index is 0.0801. The van der Waals surface area contributed by atoms with Crippen LogP contribution in [0.15, 0.2) is 41.2 Å². The molecule has 200 valence electrons. The summed E-state index contributed by atoms with van der Waals surface area (Å²) in [7, 11) is 0. The SMILES string of the molecule is CC12Cc3cnn(CCC#N)c3C=C1CCC1C2[C@@H](O)CC2(C)C1CCC2(O)C(=O)CSc1ccccn1. The number of nitriles is 1. The largest absolute Gasteiger partial charge is 0.393 e. The van der Waals surface area contributed by atoms with Crippen LogP contribution in [0.1, 0.15) is 63.6 Å². The fourth-order valence-electron chi connectivity index (χ4n) is 8.73. The third kappa shape index (κ3) is 3.73. The molecule has 8 heteroatoms. The molecule has 7 nitrogen and oxygen atoms in total. The highest BCUT2D eigenvalue weighted by atomic mass is 32.2. The normalized spacial score (nSPS) is 37.3. The Morgan fingerprint density at radius 3 is 2.92 bits per heavy atom. The molecule has 0 aliphatic heterocycles. The Morgan fingerprint density at radius 2 is 2.16 bits per heavy atom. The monoisotopic (exact) mass is 532 g/mol. The maximum Gasteiger partial charge on any atom is 0.175 e. The lowest BCUT2D eigenvalue weighted by atomic mass is 9.45. The molecule has 0 amide bonds. The minimum Gasteiger partial charge on any atom is -0.393 e. The average molecular weight is 533 g/mol. The van der Waals surface area contributed by atoms with E-state index in [2.05, 4.69) is 36.1 Å². The molecule has 0 radical (unpaired) electrons. The highest BCUT2D eigenvalue weighted by molar-refractivity contribution is 7.99. The molecule has 0 bridgehead atoms. The topological polar surface area (TPSA) is 112 Å². The van der Waals surface area contributed by atoms with Crippen LogP contribution in [-0.2, 0) is 17.8 Å². The molecule has 2 aromatic rings. The maximum absolute atomic E-state index is 13.6. The van der Waals surface area contributed by atoms with E-state index >= 15 is 0 Å². The van der Waals surface area contributed by atoms with Crippen LogP contribution in [0.4, 0.5) is 0 Å². The second kappa shape index (κ2) is 9.32. The molecule has 6 rings (SSSR count). The quantitative estimate of drug-likeness (QED) is 0.529. The molecule has 0 spiro atoms. The van der Waals surface area contributed by atoms with Crippen LogP contribution in [0.2, 0.25) is 0 Å². The van der Waals surface area contributed by atoms with Gasteiger partial charge < -0.3 is 10.2 Å². The Bertz CT molecular complexity index is 1320. The van der Waals surface area contributed by atoms with Gasteiger partial charge in [0.05, 0.1) is 47.8 Å². The molecule has 3 saturated carbocycles. The minimum atomic E-state index is -1.43. The van der Waals surface area contributed by atoms with Crippen LogP contribution in [0.3, 0.4) is 0 Å². The van der Waals surface area contributed by atoms with E-state index in [-0.39, 0.29) is 34.7 Å². The van der Waals surface area contributed by atoms with Gasteiger partial charge in [-0.3, -0.25) is 9.48 Å². The summed E-state index contributed by atoms with van der Waals surface area (Å²) < 4.78 is 1.94. The standard InChI is InChI=1S/C30H36N4O3S/c1-28-15-19-17-33-34(13-5-11-31)23(19)14-20(28)7-8-21-22-9-10-30(37,29(22,2)16-24(35)27(21)28)25(36)18-38-26-6-3-4-12-32-26/h3-4,6,12,14,17,21-22,24,27,35,37H,5,7-10,13,15-16,18H2,1-2H3/t21?,22?,24-,27?,28?,29?,30?/m0/s1. The number of carbonyl (C=O) groups excluding carboxylic acids is 1. The van der Waals surface area contributed by atoms with Gasteiger partial charge in [-0.1, -0.05) is 37.2 Å². The number of aromatic nitrogens is 3. The van der Waals surface area contributed by atoms with Crippen LogP contribution in [0.25, 0.3) is 6.08 Å². The van der Waals surface area contributed by atoms with Crippen LogP contribution in [0.5, 0.6) is 0 Å². The highest BCUT2D eigenvalue weighted by Crippen LogP contribution is 2.67. The van der Waals surface area contributed by atoms with Crippen LogP contribution < -0.4 is 0 Å². The van der Waals surface area contributed by atoms with Crippen molar-refractivity contribution in [3.63, 3.8) is 0 Å². The van der Waals surface area contributed by atoms with Crippen molar-refractivity contribution in [2.45, 2.75) is 82.1 Å². The predicted molar refractivity (Wildman–Crippen MR) is 145 cm³/mol. The Kier molecular flexibility index (Phi) is 6.33. The number of ketones is 1.